The maximum absolute atomic E-state index is 13.7. The first-order valence-electron chi connectivity index (χ1n) is 5.47. The van der Waals surface area contributed by atoms with Gasteiger partial charge in [-0.15, -0.1) is 0 Å². The summed E-state index contributed by atoms with van der Waals surface area (Å²) < 4.78 is 27.1. The summed E-state index contributed by atoms with van der Waals surface area (Å²) in [5.74, 6) is -1.33. The van der Waals surface area contributed by atoms with Gasteiger partial charge >= 0.3 is 0 Å². The van der Waals surface area contributed by atoms with Gasteiger partial charge in [-0.25, -0.2) is 8.78 Å². The standard InChI is InChI=1S/C13H10Cl2F2N2/c14-9-5-11(16)8(4-12(9)17)13(18)3-7-1-2-19-6-10(7)15/h1-2,4-6,13H,3,18H2. The van der Waals surface area contributed by atoms with Crippen molar-refractivity contribution in [2.45, 2.75) is 12.5 Å². The van der Waals surface area contributed by atoms with Gasteiger partial charge in [0.2, 0.25) is 0 Å². The molecule has 2 nitrogen and oxygen atoms in total. The molecule has 1 unspecified atom stereocenters. The summed E-state index contributed by atoms with van der Waals surface area (Å²) in [6.45, 7) is 0. The minimum absolute atomic E-state index is 0.0646. The Labute approximate surface area is 119 Å². The Kier molecular flexibility index (Phi) is 4.34. The Hall–Kier alpha value is -1.23. The van der Waals surface area contributed by atoms with E-state index in [1.807, 2.05) is 0 Å². The molecule has 2 N–H and O–H groups in total. The van der Waals surface area contributed by atoms with Crippen LogP contribution in [0.25, 0.3) is 0 Å². The van der Waals surface area contributed by atoms with Gasteiger partial charge in [-0.3, -0.25) is 4.98 Å². The summed E-state index contributed by atoms with van der Waals surface area (Å²) in [6, 6.07) is 2.90. The third-order valence-electron chi connectivity index (χ3n) is 2.74. The van der Waals surface area contributed by atoms with Crippen LogP contribution in [-0.4, -0.2) is 4.98 Å². The molecule has 0 fully saturated rings. The van der Waals surface area contributed by atoms with Crippen LogP contribution in [0, 0.1) is 11.6 Å². The third-order valence-corrected chi connectivity index (χ3v) is 3.37. The Morgan fingerprint density at radius 2 is 1.89 bits per heavy atom. The van der Waals surface area contributed by atoms with Crippen molar-refractivity contribution in [3.8, 4) is 0 Å². The van der Waals surface area contributed by atoms with Crippen molar-refractivity contribution in [3.05, 3.63) is 63.4 Å². The van der Waals surface area contributed by atoms with Gasteiger partial charge in [-0.05, 0) is 30.2 Å². The Balaban J connectivity index is 2.28. The smallest absolute Gasteiger partial charge is 0.142 e. The number of nitrogens with two attached hydrogens (primary N) is 1. The predicted molar refractivity (Wildman–Crippen MR) is 71.2 cm³/mol. The molecule has 0 aliphatic heterocycles. The van der Waals surface area contributed by atoms with E-state index in [2.05, 4.69) is 4.98 Å². The number of aromatic nitrogens is 1. The van der Waals surface area contributed by atoms with Crippen molar-refractivity contribution in [2.24, 2.45) is 5.73 Å². The van der Waals surface area contributed by atoms with Gasteiger partial charge in [0, 0.05) is 24.0 Å². The zero-order valence-corrected chi connectivity index (χ0v) is 11.2. The summed E-state index contributed by atoms with van der Waals surface area (Å²) in [5, 5.41) is 0.170. The quantitative estimate of drug-likeness (QED) is 0.873. The van der Waals surface area contributed by atoms with Crippen LogP contribution in [-0.2, 0) is 6.42 Å². The number of benzene rings is 1. The number of rotatable bonds is 3. The van der Waals surface area contributed by atoms with Gasteiger partial charge in [0.25, 0.3) is 0 Å². The average molecular weight is 303 g/mol. The lowest BCUT2D eigenvalue weighted by atomic mass is 10.00. The van der Waals surface area contributed by atoms with E-state index in [1.54, 1.807) is 12.3 Å². The largest absolute Gasteiger partial charge is 0.324 e. The van der Waals surface area contributed by atoms with Crippen molar-refractivity contribution in [3.63, 3.8) is 0 Å². The fourth-order valence-electron chi connectivity index (χ4n) is 1.74. The van der Waals surface area contributed by atoms with E-state index in [0.29, 0.717) is 5.02 Å². The van der Waals surface area contributed by atoms with E-state index in [4.69, 9.17) is 28.9 Å². The second-order valence-electron chi connectivity index (χ2n) is 4.07. The molecule has 0 saturated carbocycles. The molecule has 1 atom stereocenters. The maximum atomic E-state index is 13.7. The summed E-state index contributed by atoms with van der Waals surface area (Å²) in [6.07, 6.45) is 3.31. The van der Waals surface area contributed by atoms with E-state index in [0.717, 1.165) is 17.7 Å². The monoisotopic (exact) mass is 302 g/mol. The second kappa shape index (κ2) is 5.82. The van der Waals surface area contributed by atoms with Gasteiger partial charge in [0.1, 0.15) is 11.6 Å². The number of hydrogen-bond acceptors (Lipinski definition) is 2. The van der Waals surface area contributed by atoms with E-state index >= 15 is 0 Å². The summed E-state index contributed by atoms with van der Waals surface area (Å²) in [4.78, 5) is 3.84. The molecule has 1 heterocycles. The van der Waals surface area contributed by atoms with Crippen LogP contribution in [0.2, 0.25) is 10.0 Å². The summed E-state index contributed by atoms with van der Waals surface area (Å²) in [7, 11) is 0. The SMILES string of the molecule is NC(Cc1ccncc1Cl)c1cc(F)c(Cl)cc1F. The molecule has 2 aromatic rings. The number of hydrogen-bond donors (Lipinski definition) is 1. The van der Waals surface area contributed by atoms with E-state index in [9.17, 15) is 8.78 Å². The van der Waals surface area contributed by atoms with Crippen molar-refractivity contribution in [1.82, 2.24) is 4.98 Å². The molecule has 0 amide bonds. The van der Waals surface area contributed by atoms with Crippen molar-refractivity contribution in [1.29, 1.82) is 0 Å². The summed E-state index contributed by atoms with van der Waals surface area (Å²) >= 11 is 11.4. The highest BCUT2D eigenvalue weighted by atomic mass is 35.5. The number of nitrogens with zero attached hydrogens (tertiary/aromatic N) is 1. The van der Waals surface area contributed by atoms with Crippen LogP contribution in [0.15, 0.2) is 30.6 Å². The minimum atomic E-state index is -0.716. The highest BCUT2D eigenvalue weighted by Gasteiger charge is 2.16. The van der Waals surface area contributed by atoms with Crippen LogP contribution in [0.5, 0.6) is 0 Å². The predicted octanol–water partition coefficient (Wildman–Crippen LogP) is 3.91. The zero-order valence-electron chi connectivity index (χ0n) is 9.71. The van der Waals surface area contributed by atoms with E-state index < -0.39 is 17.7 Å². The van der Waals surface area contributed by atoms with Gasteiger partial charge in [-0.2, -0.15) is 0 Å². The molecular formula is C13H10Cl2F2N2. The molecule has 0 bridgehead atoms. The summed E-state index contributed by atoms with van der Waals surface area (Å²) in [5.41, 5.74) is 6.67. The molecule has 0 aliphatic carbocycles. The van der Waals surface area contributed by atoms with Crippen molar-refractivity contribution < 1.29 is 8.78 Å². The minimum Gasteiger partial charge on any atom is -0.324 e. The van der Waals surface area contributed by atoms with E-state index in [-0.39, 0.29) is 17.0 Å². The third kappa shape index (κ3) is 3.21. The topological polar surface area (TPSA) is 38.9 Å². The van der Waals surface area contributed by atoms with Gasteiger partial charge in [-0.1, -0.05) is 23.2 Å². The molecule has 1 aromatic carbocycles. The molecule has 1 aromatic heterocycles. The highest BCUT2D eigenvalue weighted by molar-refractivity contribution is 6.31. The van der Waals surface area contributed by atoms with Crippen molar-refractivity contribution in [2.75, 3.05) is 0 Å². The fourth-order valence-corrected chi connectivity index (χ4v) is 2.09. The number of pyridine rings is 1. The zero-order chi connectivity index (χ0) is 14.0. The lowest BCUT2D eigenvalue weighted by Gasteiger charge is -2.14. The lowest BCUT2D eigenvalue weighted by Crippen LogP contribution is -2.15. The van der Waals surface area contributed by atoms with Crippen molar-refractivity contribution >= 4 is 23.2 Å². The molecule has 0 radical (unpaired) electrons. The maximum Gasteiger partial charge on any atom is 0.142 e. The van der Waals surface area contributed by atoms with Crippen LogP contribution in [0.3, 0.4) is 0 Å². The molecule has 2 rings (SSSR count). The molecule has 100 valence electrons. The Bertz CT molecular complexity index is 605. The van der Waals surface area contributed by atoms with Crippen LogP contribution in [0.4, 0.5) is 8.78 Å². The van der Waals surface area contributed by atoms with Gasteiger partial charge in [0.05, 0.1) is 10.0 Å². The molecule has 0 aliphatic rings. The van der Waals surface area contributed by atoms with E-state index in [1.165, 1.54) is 6.20 Å². The molecule has 19 heavy (non-hydrogen) atoms. The number of halogens is 4. The first-order valence-corrected chi connectivity index (χ1v) is 6.23. The van der Waals surface area contributed by atoms with Gasteiger partial charge in [0.15, 0.2) is 0 Å². The first kappa shape index (κ1) is 14.2. The molecule has 0 saturated heterocycles. The Morgan fingerprint density at radius 1 is 1.16 bits per heavy atom. The van der Waals surface area contributed by atoms with Crippen LogP contribution >= 0.6 is 23.2 Å². The van der Waals surface area contributed by atoms with Crippen LogP contribution < -0.4 is 5.73 Å². The molecule has 6 heteroatoms. The molecular weight excluding hydrogens is 293 g/mol. The fraction of sp³-hybridized carbons (Fsp3) is 0.154. The lowest BCUT2D eigenvalue weighted by molar-refractivity contribution is 0.561. The average Bonchev–Trinajstić information content (AvgIpc) is 2.36. The van der Waals surface area contributed by atoms with Crippen LogP contribution in [0.1, 0.15) is 17.2 Å². The highest BCUT2D eigenvalue weighted by Crippen LogP contribution is 2.26. The first-order chi connectivity index (χ1) is 8.99. The van der Waals surface area contributed by atoms with Gasteiger partial charge < -0.3 is 5.73 Å². The second-order valence-corrected chi connectivity index (χ2v) is 4.88. The normalized spacial score (nSPS) is 12.5. The Morgan fingerprint density at radius 3 is 2.58 bits per heavy atom. The molecule has 0 spiro atoms.